The molecule has 0 unspecified atom stereocenters. The van der Waals surface area contributed by atoms with Gasteiger partial charge in [0.1, 0.15) is 0 Å². The zero-order chi connectivity index (χ0) is 15.5. The van der Waals surface area contributed by atoms with E-state index in [1.807, 2.05) is 11.0 Å². The number of urea groups is 1. The lowest BCUT2D eigenvalue weighted by molar-refractivity contribution is 0.183. The number of rotatable bonds is 11. The van der Waals surface area contributed by atoms with Gasteiger partial charge in [-0.05, 0) is 0 Å². The van der Waals surface area contributed by atoms with Gasteiger partial charge >= 0.3 is 6.03 Å². The van der Waals surface area contributed by atoms with Crippen LogP contribution < -0.4 is 16.8 Å². The van der Waals surface area contributed by atoms with Crippen molar-refractivity contribution in [1.29, 1.82) is 5.26 Å². The Hall–Kier alpha value is -1.40. The molecule has 1 heterocycles. The third kappa shape index (κ3) is 6.27. The van der Waals surface area contributed by atoms with Crippen LogP contribution in [0.1, 0.15) is 0 Å². The molecule has 0 aliphatic carbocycles. The molecule has 8 heteroatoms. The normalized spacial score (nSPS) is 15.0. The van der Waals surface area contributed by atoms with E-state index in [4.69, 9.17) is 16.7 Å². The lowest BCUT2D eigenvalue weighted by Gasteiger charge is -2.25. The quantitative estimate of drug-likeness (QED) is 0.302. The molecule has 1 rings (SSSR count). The molecular weight excluding hydrogens is 270 g/mol. The van der Waals surface area contributed by atoms with Crippen LogP contribution in [0.3, 0.4) is 0 Å². The van der Waals surface area contributed by atoms with Crippen molar-refractivity contribution in [3.63, 3.8) is 0 Å². The molecule has 0 saturated carbocycles. The minimum Gasteiger partial charge on any atom is -0.329 e. The molecule has 2 amide bonds. The first kappa shape index (κ1) is 17.7. The van der Waals surface area contributed by atoms with E-state index in [9.17, 15) is 4.79 Å². The van der Waals surface area contributed by atoms with Gasteiger partial charge in [-0.15, -0.1) is 0 Å². The van der Waals surface area contributed by atoms with E-state index >= 15 is 0 Å². The first-order valence-electron chi connectivity index (χ1n) is 7.47. The number of carbonyl (C=O) groups excluding carboxylic acids is 1. The summed E-state index contributed by atoms with van der Waals surface area (Å²) in [6.07, 6.45) is 0. The van der Waals surface area contributed by atoms with Crippen LogP contribution in [0, 0.1) is 11.3 Å². The van der Waals surface area contributed by atoms with E-state index in [-0.39, 0.29) is 6.03 Å². The lowest BCUT2D eigenvalue weighted by Crippen LogP contribution is -2.42. The maximum atomic E-state index is 12.1. The number of nitrogens with two attached hydrogens (primary N) is 2. The summed E-state index contributed by atoms with van der Waals surface area (Å²) in [7, 11) is 0. The summed E-state index contributed by atoms with van der Waals surface area (Å²) in [5, 5.41) is 11.5. The van der Waals surface area contributed by atoms with E-state index in [0.29, 0.717) is 32.7 Å². The van der Waals surface area contributed by atoms with E-state index < -0.39 is 0 Å². The van der Waals surface area contributed by atoms with Crippen molar-refractivity contribution in [1.82, 2.24) is 20.0 Å². The van der Waals surface area contributed by atoms with Crippen LogP contribution in [-0.2, 0) is 0 Å². The highest BCUT2D eigenvalue weighted by Gasteiger charge is 2.27. The third-order valence-corrected chi connectivity index (χ3v) is 3.52. The Labute approximate surface area is 126 Å². The van der Waals surface area contributed by atoms with E-state index in [0.717, 1.165) is 39.3 Å². The summed E-state index contributed by atoms with van der Waals surface area (Å²) in [6, 6.07) is 2.13. The minimum absolute atomic E-state index is 0.0794. The number of nitrogens with zero attached hydrogens (tertiary/aromatic N) is 4. The molecule has 21 heavy (non-hydrogen) atoms. The Kier molecular flexibility index (Phi) is 8.69. The van der Waals surface area contributed by atoms with E-state index in [1.54, 1.807) is 4.90 Å². The fraction of sp³-hybridized carbons (Fsp3) is 0.846. The predicted molar refractivity (Wildman–Crippen MR) is 81.6 cm³/mol. The molecule has 0 spiro atoms. The van der Waals surface area contributed by atoms with Gasteiger partial charge in [0.2, 0.25) is 0 Å². The van der Waals surface area contributed by atoms with Crippen molar-refractivity contribution < 1.29 is 4.79 Å². The van der Waals surface area contributed by atoms with Crippen LogP contribution in [0.15, 0.2) is 0 Å². The van der Waals surface area contributed by atoms with Gasteiger partial charge in [-0.25, -0.2) is 4.79 Å². The summed E-state index contributed by atoms with van der Waals surface area (Å²) in [4.78, 5) is 17.9. The van der Waals surface area contributed by atoms with Gasteiger partial charge in [0.05, 0.1) is 12.6 Å². The number of amides is 2. The average molecular weight is 297 g/mol. The van der Waals surface area contributed by atoms with Crippen LogP contribution in [0.2, 0.25) is 0 Å². The number of hydrogen-bond acceptors (Lipinski definition) is 6. The smallest absolute Gasteiger partial charge is 0.320 e. The summed E-state index contributed by atoms with van der Waals surface area (Å²) in [6.45, 7) is 7.48. The molecular formula is C13H27N7O. The van der Waals surface area contributed by atoms with Crippen molar-refractivity contribution >= 4 is 6.03 Å². The van der Waals surface area contributed by atoms with Gasteiger partial charge in [0, 0.05) is 65.4 Å². The molecule has 0 aromatic heterocycles. The van der Waals surface area contributed by atoms with Crippen LogP contribution in [-0.4, -0.2) is 92.7 Å². The zero-order valence-corrected chi connectivity index (χ0v) is 12.6. The minimum atomic E-state index is 0.0794. The fourth-order valence-electron chi connectivity index (χ4n) is 2.37. The standard InChI is InChI=1S/C13H27N7O/c14-1-4-17-5-8-18(6-2-15)9-10-20-12-11-19(7-3-16)13(20)21/h17H,2-12,15-16H2. The Morgan fingerprint density at radius 1 is 1.14 bits per heavy atom. The molecule has 120 valence electrons. The topological polar surface area (TPSA) is 115 Å². The van der Waals surface area contributed by atoms with Crippen LogP contribution >= 0.6 is 0 Å². The molecule has 1 aliphatic rings. The number of hydrogen-bond donors (Lipinski definition) is 3. The largest absolute Gasteiger partial charge is 0.329 e. The van der Waals surface area contributed by atoms with Crippen molar-refractivity contribution in [3.8, 4) is 6.07 Å². The molecule has 0 atom stereocenters. The average Bonchev–Trinajstić information content (AvgIpc) is 2.82. The van der Waals surface area contributed by atoms with Crippen LogP contribution in [0.5, 0.6) is 0 Å². The molecule has 0 aromatic carbocycles. The molecule has 8 nitrogen and oxygen atoms in total. The molecule has 1 aliphatic heterocycles. The van der Waals surface area contributed by atoms with E-state index in [2.05, 4.69) is 10.2 Å². The first-order chi connectivity index (χ1) is 10.2. The maximum Gasteiger partial charge on any atom is 0.320 e. The summed E-state index contributed by atoms with van der Waals surface area (Å²) < 4.78 is 0. The van der Waals surface area contributed by atoms with Gasteiger partial charge in [-0.1, -0.05) is 0 Å². The van der Waals surface area contributed by atoms with Gasteiger partial charge in [0.15, 0.2) is 0 Å². The van der Waals surface area contributed by atoms with E-state index in [1.165, 1.54) is 0 Å². The number of nitrogens with one attached hydrogen (secondary N) is 1. The third-order valence-electron chi connectivity index (χ3n) is 3.52. The van der Waals surface area contributed by atoms with Gasteiger partial charge < -0.3 is 26.6 Å². The second-order valence-electron chi connectivity index (χ2n) is 5.01. The zero-order valence-electron chi connectivity index (χ0n) is 12.6. The second kappa shape index (κ2) is 10.3. The van der Waals surface area contributed by atoms with Crippen LogP contribution in [0.4, 0.5) is 4.79 Å². The summed E-state index contributed by atoms with van der Waals surface area (Å²) in [5.41, 5.74) is 11.1. The molecule has 5 N–H and O–H groups in total. The second-order valence-corrected chi connectivity index (χ2v) is 5.01. The Balaban J connectivity index is 2.29. The SMILES string of the molecule is N#CCNCCN(CCN)CCN1CCN(CCN)C1=O. The van der Waals surface area contributed by atoms with Gasteiger partial charge in [0.25, 0.3) is 0 Å². The Morgan fingerprint density at radius 3 is 2.48 bits per heavy atom. The highest BCUT2D eigenvalue weighted by atomic mass is 16.2. The van der Waals surface area contributed by atoms with Gasteiger partial charge in [-0.2, -0.15) is 5.26 Å². The molecule has 0 radical (unpaired) electrons. The number of nitriles is 1. The maximum absolute atomic E-state index is 12.1. The highest BCUT2D eigenvalue weighted by molar-refractivity contribution is 5.76. The lowest BCUT2D eigenvalue weighted by atomic mass is 10.4. The first-order valence-corrected chi connectivity index (χ1v) is 7.47. The van der Waals surface area contributed by atoms with Gasteiger partial charge in [-0.3, -0.25) is 4.90 Å². The molecule has 0 aromatic rings. The molecule has 1 fully saturated rings. The Bertz CT molecular complexity index is 344. The van der Waals surface area contributed by atoms with Crippen molar-refractivity contribution in [2.75, 3.05) is 72.0 Å². The van der Waals surface area contributed by atoms with Crippen molar-refractivity contribution in [2.45, 2.75) is 0 Å². The predicted octanol–water partition coefficient (Wildman–Crippen LogP) is -1.94. The summed E-state index contributed by atoms with van der Waals surface area (Å²) >= 11 is 0. The van der Waals surface area contributed by atoms with Crippen LogP contribution in [0.25, 0.3) is 0 Å². The molecule has 0 bridgehead atoms. The number of carbonyl (C=O) groups is 1. The monoisotopic (exact) mass is 297 g/mol. The van der Waals surface area contributed by atoms with Crippen molar-refractivity contribution in [2.24, 2.45) is 11.5 Å². The Morgan fingerprint density at radius 2 is 1.86 bits per heavy atom. The fourth-order valence-corrected chi connectivity index (χ4v) is 2.37. The summed E-state index contributed by atoms with van der Waals surface area (Å²) in [5.74, 6) is 0. The highest BCUT2D eigenvalue weighted by Crippen LogP contribution is 2.07. The molecule has 1 saturated heterocycles. The van der Waals surface area contributed by atoms with Crippen molar-refractivity contribution in [3.05, 3.63) is 0 Å².